The van der Waals surface area contributed by atoms with Crippen molar-refractivity contribution >= 4 is 21.4 Å². The van der Waals surface area contributed by atoms with Crippen molar-refractivity contribution in [3.05, 3.63) is 71.5 Å². The number of amides is 1. The van der Waals surface area contributed by atoms with E-state index in [0.717, 1.165) is 18.8 Å². The number of carbonyl (C=O) groups is 1. The lowest BCUT2D eigenvalue weighted by atomic mass is 10.1. The van der Waals surface area contributed by atoms with Crippen molar-refractivity contribution in [2.45, 2.75) is 18.7 Å². The molecule has 1 saturated heterocycles. The lowest BCUT2D eigenvalue weighted by molar-refractivity contribution is 0.0737. The Labute approximate surface area is 182 Å². The topological polar surface area (TPSA) is 75.5 Å². The van der Waals surface area contributed by atoms with E-state index in [2.05, 4.69) is 29.1 Å². The maximum atomic E-state index is 13.3. The number of aromatic nitrogens is 2. The van der Waals surface area contributed by atoms with Crippen LogP contribution >= 0.6 is 0 Å². The highest BCUT2D eigenvalue weighted by molar-refractivity contribution is 7.90. The fourth-order valence-corrected chi connectivity index (χ4v) is 4.54. The summed E-state index contributed by atoms with van der Waals surface area (Å²) in [5.74, 6) is -0.0720. The Kier molecular flexibility index (Phi) is 5.58. The quantitative estimate of drug-likeness (QED) is 0.626. The van der Waals surface area contributed by atoms with E-state index in [0.29, 0.717) is 24.5 Å². The number of piperazine rings is 1. The van der Waals surface area contributed by atoms with Crippen molar-refractivity contribution in [2.75, 3.05) is 37.3 Å². The van der Waals surface area contributed by atoms with Crippen molar-refractivity contribution in [2.24, 2.45) is 0 Å². The van der Waals surface area contributed by atoms with Gasteiger partial charge in [0.2, 0.25) is 0 Å². The van der Waals surface area contributed by atoms with Gasteiger partial charge < -0.3 is 9.80 Å². The second-order valence-electron chi connectivity index (χ2n) is 7.91. The monoisotopic (exact) mass is 438 g/mol. The van der Waals surface area contributed by atoms with Gasteiger partial charge in [-0.15, -0.1) is 0 Å². The number of hydrogen-bond donors (Lipinski definition) is 0. The minimum atomic E-state index is -3.28. The van der Waals surface area contributed by atoms with E-state index in [1.165, 1.54) is 29.6 Å². The second-order valence-corrected chi connectivity index (χ2v) is 9.93. The molecule has 162 valence electrons. The zero-order chi connectivity index (χ0) is 22.2. The molecule has 1 aromatic heterocycles. The molecular weight excluding hydrogens is 412 g/mol. The number of rotatable bonds is 4. The van der Waals surface area contributed by atoms with Crippen LogP contribution in [0.1, 0.15) is 21.7 Å². The molecule has 0 radical (unpaired) electrons. The molecule has 3 aromatic rings. The normalized spacial score (nSPS) is 14.7. The fourth-order valence-electron chi connectivity index (χ4n) is 3.91. The first-order valence-corrected chi connectivity index (χ1v) is 12.1. The molecule has 1 fully saturated rings. The summed E-state index contributed by atoms with van der Waals surface area (Å²) in [6, 6.07) is 16.5. The minimum Gasteiger partial charge on any atom is -0.368 e. The molecule has 0 atom stereocenters. The van der Waals surface area contributed by atoms with Crippen LogP contribution in [-0.2, 0) is 9.84 Å². The van der Waals surface area contributed by atoms with Crippen molar-refractivity contribution < 1.29 is 13.2 Å². The van der Waals surface area contributed by atoms with Gasteiger partial charge in [-0.05, 0) is 55.8 Å². The number of carbonyl (C=O) groups excluding carboxylic acids is 1. The summed E-state index contributed by atoms with van der Waals surface area (Å²) >= 11 is 0. The molecule has 0 bridgehead atoms. The summed E-state index contributed by atoms with van der Waals surface area (Å²) in [5.41, 5.74) is 4.31. The highest BCUT2D eigenvalue weighted by Gasteiger charge is 2.26. The summed E-state index contributed by atoms with van der Waals surface area (Å²) < 4.78 is 25.1. The molecule has 2 aromatic carbocycles. The van der Waals surface area contributed by atoms with Crippen LogP contribution in [0.15, 0.2) is 59.5 Å². The first-order valence-electron chi connectivity index (χ1n) is 10.2. The summed E-state index contributed by atoms with van der Waals surface area (Å²) in [4.78, 5) is 17.7. The molecule has 2 heterocycles. The molecule has 8 heteroatoms. The molecule has 7 nitrogen and oxygen atoms in total. The molecule has 1 amide bonds. The predicted octanol–water partition coefficient (Wildman–Crippen LogP) is 2.86. The van der Waals surface area contributed by atoms with E-state index in [1.807, 2.05) is 24.0 Å². The van der Waals surface area contributed by atoms with Crippen LogP contribution in [0.2, 0.25) is 0 Å². The number of aryl methyl sites for hydroxylation is 2. The number of nitrogens with zero attached hydrogens (tertiary/aromatic N) is 4. The van der Waals surface area contributed by atoms with Gasteiger partial charge in [-0.2, -0.15) is 5.10 Å². The van der Waals surface area contributed by atoms with Gasteiger partial charge in [0.1, 0.15) is 5.69 Å². The minimum absolute atomic E-state index is 0.0720. The smallest absolute Gasteiger partial charge is 0.272 e. The average molecular weight is 439 g/mol. The van der Waals surface area contributed by atoms with Gasteiger partial charge in [-0.1, -0.05) is 18.2 Å². The molecular formula is C23H26N4O3S. The summed E-state index contributed by atoms with van der Waals surface area (Å²) in [7, 11) is -3.28. The Balaban J connectivity index is 1.53. The maximum absolute atomic E-state index is 13.3. The third-order valence-electron chi connectivity index (χ3n) is 5.58. The standard InChI is InChI=1S/C23H26N4O3S/c1-17-6-4-5-7-21(17)25-12-14-26(15-13-25)23(28)22-16-18(2)24-27(22)19-8-10-20(11-9-19)31(3,29)30/h4-11,16H,12-15H2,1-3H3. The number of hydrogen-bond acceptors (Lipinski definition) is 5. The van der Waals surface area contributed by atoms with Crippen LogP contribution in [0.5, 0.6) is 0 Å². The Morgan fingerprint density at radius 1 is 0.935 bits per heavy atom. The molecule has 1 aliphatic rings. The number of sulfone groups is 1. The maximum Gasteiger partial charge on any atom is 0.272 e. The predicted molar refractivity (Wildman–Crippen MR) is 121 cm³/mol. The Hall–Kier alpha value is -3.13. The first-order chi connectivity index (χ1) is 14.7. The van der Waals surface area contributed by atoms with Gasteiger partial charge in [0.15, 0.2) is 9.84 Å². The third-order valence-corrected chi connectivity index (χ3v) is 6.71. The Morgan fingerprint density at radius 3 is 2.19 bits per heavy atom. The Morgan fingerprint density at radius 2 is 1.58 bits per heavy atom. The Bertz CT molecular complexity index is 1210. The molecule has 0 saturated carbocycles. The molecule has 0 aliphatic carbocycles. The largest absolute Gasteiger partial charge is 0.368 e. The number of anilines is 1. The van der Waals surface area contributed by atoms with Crippen molar-refractivity contribution in [3.8, 4) is 5.69 Å². The van der Waals surface area contributed by atoms with Gasteiger partial charge in [0.25, 0.3) is 5.91 Å². The summed E-state index contributed by atoms with van der Waals surface area (Å²) in [6.45, 7) is 6.74. The SMILES string of the molecule is Cc1cc(C(=O)N2CCN(c3ccccc3C)CC2)n(-c2ccc(S(C)(=O)=O)cc2)n1. The van der Waals surface area contributed by atoms with E-state index in [4.69, 9.17) is 0 Å². The second kappa shape index (κ2) is 8.19. The van der Waals surface area contributed by atoms with Crippen LogP contribution in [0.25, 0.3) is 5.69 Å². The third kappa shape index (κ3) is 4.34. The molecule has 0 unspecified atom stereocenters. The van der Waals surface area contributed by atoms with E-state index >= 15 is 0 Å². The van der Waals surface area contributed by atoms with Crippen LogP contribution in [-0.4, -0.2) is 61.4 Å². The van der Waals surface area contributed by atoms with E-state index < -0.39 is 9.84 Å². The first kappa shape index (κ1) is 21.1. The van der Waals surface area contributed by atoms with E-state index in [1.54, 1.807) is 22.9 Å². The van der Waals surface area contributed by atoms with Gasteiger partial charge in [0, 0.05) is 38.1 Å². The zero-order valence-electron chi connectivity index (χ0n) is 17.9. The number of para-hydroxylation sites is 1. The lowest BCUT2D eigenvalue weighted by Gasteiger charge is -2.36. The van der Waals surface area contributed by atoms with Gasteiger partial charge in [-0.25, -0.2) is 13.1 Å². The lowest BCUT2D eigenvalue weighted by Crippen LogP contribution is -2.49. The molecule has 4 rings (SSSR count). The van der Waals surface area contributed by atoms with Crippen molar-refractivity contribution in [1.29, 1.82) is 0 Å². The highest BCUT2D eigenvalue weighted by Crippen LogP contribution is 2.22. The average Bonchev–Trinajstić information content (AvgIpc) is 3.15. The fraction of sp³-hybridized carbons (Fsp3) is 0.304. The van der Waals surface area contributed by atoms with Crippen molar-refractivity contribution in [3.63, 3.8) is 0 Å². The van der Waals surface area contributed by atoms with Crippen molar-refractivity contribution in [1.82, 2.24) is 14.7 Å². The zero-order valence-corrected chi connectivity index (χ0v) is 18.8. The summed E-state index contributed by atoms with van der Waals surface area (Å²) in [5, 5.41) is 4.47. The molecule has 0 spiro atoms. The summed E-state index contributed by atoms with van der Waals surface area (Å²) in [6.07, 6.45) is 1.17. The van der Waals surface area contributed by atoms with E-state index in [-0.39, 0.29) is 10.8 Å². The number of benzene rings is 2. The molecule has 0 N–H and O–H groups in total. The van der Waals surface area contributed by atoms with Gasteiger partial charge in [0.05, 0.1) is 16.3 Å². The van der Waals surface area contributed by atoms with E-state index in [9.17, 15) is 13.2 Å². The highest BCUT2D eigenvalue weighted by atomic mass is 32.2. The van der Waals surface area contributed by atoms with Gasteiger partial charge >= 0.3 is 0 Å². The van der Waals surface area contributed by atoms with Crippen LogP contribution in [0.4, 0.5) is 5.69 Å². The van der Waals surface area contributed by atoms with Crippen LogP contribution in [0.3, 0.4) is 0 Å². The molecule has 1 aliphatic heterocycles. The van der Waals surface area contributed by atoms with Gasteiger partial charge in [-0.3, -0.25) is 4.79 Å². The van der Waals surface area contributed by atoms with Crippen LogP contribution < -0.4 is 4.90 Å². The van der Waals surface area contributed by atoms with Crippen LogP contribution in [0, 0.1) is 13.8 Å². The molecule has 31 heavy (non-hydrogen) atoms.